The summed E-state index contributed by atoms with van der Waals surface area (Å²) in [5.74, 6) is -3.17. The minimum Gasteiger partial charge on any atom is -0.370 e. The van der Waals surface area contributed by atoms with Crippen LogP contribution in [0.2, 0.25) is 0 Å². The van der Waals surface area contributed by atoms with Crippen LogP contribution in [0.5, 0.6) is 0 Å². The van der Waals surface area contributed by atoms with Crippen molar-refractivity contribution >= 4 is 37.1 Å². The largest absolute Gasteiger partial charge is 0.370 e. The van der Waals surface area contributed by atoms with Gasteiger partial charge in [-0.3, -0.25) is 28.5 Å². The highest BCUT2D eigenvalue weighted by Crippen LogP contribution is 2.39. The van der Waals surface area contributed by atoms with E-state index in [1.807, 2.05) is 0 Å². The normalized spacial score (nSPS) is 21.9. The lowest BCUT2D eigenvalue weighted by Gasteiger charge is -2.38. The minimum absolute atomic E-state index is 0.000770. The molecule has 8 N–H and O–H groups in total. The molecule has 1 aromatic carbocycles. The summed E-state index contributed by atoms with van der Waals surface area (Å²) in [5.41, 5.74) is 5.55. The predicted molar refractivity (Wildman–Crippen MR) is 159 cm³/mol. The van der Waals surface area contributed by atoms with Gasteiger partial charge in [0.15, 0.2) is 0 Å². The molecule has 2 aliphatic rings. The van der Waals surface area contributed by atoms with Gasteiger partial charge in [-0.1, -0.05) is 48.7 Å². The molecule has 5 amide bonds. The summed E-state index contributed by atoms with van der Waals surface area (Å²) in [4.78, 5) is 84.2. The second kappa shape index (κ2) is 14.8. The van der Waals surface area contributed by atoms with E-state index in [4.69, 9.17) is 5.73 Å². The number of carbonyl (C=O) groups excluding carboxylic acids is 5. The molecule has 1 aliphatic heterocycles. The van der Waals surface area contributed by atoms with Crippen LogP contribution >= 0.6 is 7.60 Å². The van der Waals surface area contributed by atoms with Gasteiger partial charge in [-0.25, -0.2) is 4.68 Å². The van der Waals surface area contributed by atoms with Gasteiger partial charge in [-0.2, -0.15) is 0 Å². The van der Waals surface area contributed by atoms with Crippen LogP contribution in [0.3, 0.4) is 0 Å². The van der Waals surface area contributed by atoms with E-state index >= 15 is 0 Å². The number of nitrogens with one attached hydrogen (secondary N) is 4. The SMILES string of the molecule is NC(=O)C[C@@H]1NC(=O)C2(CCCCC2)NC(=O)[C@H](Cc2ccc(CP(=O)(O)O)cc2)NC(=O)Cn2cc(nn2)CCCNC1=O. The first kappa shape index (κ1) is 33.7. The van der Waals surface area contributed by atoms with E-state index in [9.17, 15) is 38.3 Å². The number of hydrogen-bond acceptors (Lipinski definition) is 8. The average Bonchev–Trinajstić information content (AvgIpc) is 3.41. The van der Waals surface area contributed by atoms with Crippen LogP contribution in [0, 0.1) is 0 Å². The van der Waals surface area contributed by atoms with Gasteiger partial charge < -0.3 is 36.8 Å². The van der Waals surface area contributed by atoms with Gasteiger partial charge in [-0.15, -0.1) is 5.10 Å². The van der Waals surface area contributed by atoms with Gasteiger partial charge in [0.25, 0.3) is 0 Å². The molecule has 1 aliphatic carbocycles. The zero-order valence-electron chi connectivity index (χ0n) is 24.7. The van der Waals surface area contributed by atoms with Crippen LogP contribution < -0.4 is 27.0 Å². The van der Waals surface area contributed by atoms with Gasteiger partial charge in [0, 0.05) is 19.2 Å². The van der Waals surface area contributed by atoms with Crippen molar-refractivity contribution in [3.05, 3.63) is 47.3 Å². The quantitative estimate of drug-likeness (QED) is 0.187. The molecule has 4 rings (SSSR count). The van der Waals surface area contributed by atoms with Crippen LogP contribution in [0.25, 0.3) is 0 Å². The molecular formula is C28H39N8O8P. The second-order valence-corrected chi connectivity index (χ2v) is 13.2. The molecule has 17 heteroatoms. The number of carbonyl (C=O) groups is 5. The summed E-state index contributed by atoms with van der Waals surface area (Å²) < 4.78 is 12.7. The van der Waals surface area contributed by atoms with E-state index in [0.717, 1.165) is 6.42 Å². The molecule has 1 fully saturated rings. The Balaban J connectivity index is 1.64. The summed E-state index contributed by atoms with van der Waals surface area (Å²) >= 11 is 0. The number of benzene rings is 1. The smallest absolute Gasteiger partial charge is 0.329 e. The maximum absolute atomic E-state index is 13.9. The molecule has 2 atom stereocenters. The van der Waals surface area contributed by atoms with Crippen molar-refractivity contribution in [3.8, 4) is 0 Å². The zero-order valence-corrected chi connectivity index (χ0v) is 25.6. The number of hydrogen-bond donors (Lipinski definition) is 7. The molecular weight excluding hydrogens is 607 g/mol. The topological polar surface area (TPSA) is 248 Å². The number of primary amides is 1. The third-order valence-electron chi connectivity index (χ3n) is 7.84. The molecule has 244 valence electrons. The lowest BCUT2D eigenvalue weighted by molar-refractivity contribution is -0.139. The van der Waals surface area contributed by atoms with Gasteiger partial charge >= 0.3 is 7.60 Å². The van der Waals surface area contributed by atoms with Crippen molar-refractivity contribution in [2.75, 3.05) is 6.54 Å². The Labute approximate surface area is 259 Å². The summed E-state index contributed by atoms with van der Waals surface area (Å²) in [7, 11) is -4.28. The van der Waals surface area contributed by atoms with Crippen molar-refractivity contribution in [1.29, 1.82) is 0 Å². The van der Waals surface area contributed by atoms with Crippen LogP contribution in [-0.4, -0.2) is 78.5 Å². The first-order chi connectivity index (χ1) is 21.3. The van der Waals surface area contributed by atoms with Crippen LogP contribution in [0.1, 0.15) is 61.8 Å². The maximum Gasteiger partial charge on any atom is 0.329 e. The first-order valence-corrected chi connectivity index (χ1v) is 16.6. The van der Waals surface area contributed by atoms with E-state index in [0.29, 0.717) is 42.5 Å². The third kappa shape index (κ3) is 9.93. The highest BCUT2D eigenvalue weighted by Gasteiger charge is 2.43. The van der Waals surface area contributed by atoms with E-state index in [2.05, 4.69) is 31.6 Å². The molecule has 2 bridgehead atoms. The number of aromatic nitrogens is 3. The monoisotopic (exact) mass is 646 g/mol. The van der Waals surface area contributed by atoms with Gasteiger partial charge in [0.05, 0.1) is 18.3 Å². The molecule has 1 saturated carbocycles. The number of nitrogens with zero attached hydrogens (tertiary/aromatic N) is 3. The molecule has 0 saturated heterocycles. The molecule has 2 heterocycles. The van der Waals surface area contributed by atoms with Crippen molar-refractivity contribution in [2.45, 2.75) is 88.1 Å². The molecule has 0 unspecified atom stereocenters. The second-order valence-electron chi connectivity index (χ2n) is 11.6. The van der Waals surface area contributed by atoms with Crippen molar-refractivity contribution in [2.24, 2.45) is 5.73 Å². The predicted octanol–water partition coefficient (Wildman–Crippen LogP) is -1.07. The van der Waals surface area contributed by atoms with Crippen molar-refractivity contribution in [1.82, 2.24) is 36.3 Å². The van der Waals surface area contributed by atoms with Crippen LogP contribution in [-0.2, 0) is 54.1 Å². The highest BCUT2D eigenvalue weighted by atomic mass is 31.2. The third-order valence-corrected chi connectivity index (χ3v) is 8.61. The number of rotatable bonds is 6. The van der Waals surface area contributed by atoms with E-state index in [-0.39, 0.29) is 32.4 Å². The van der Waals surface area contributed by atoms with Crippen LogP contribution in [0.15, 0.2) is 30.5 Å². The fourth-order valence-corrected chi connectivity index (χ4v) is 6.27. The number of fused-ring (bicyclic) bond motifs is 2. The molecule has 2 aromatic rings. The fraction of sp³-hybridized carbons (Fsp3) is 0.536. The Bertz CT molecular complexity index is 1450. The van der Waals surface area contributed by atoms with E-state index in [1.165, 1.54) is 16.8 Å². The summed E-state index contributed by atoms with van der Waals surface area (Å²) in [6.45, 7) is -0.00364. The molecule has 1 aromatic heterocycles. The van der Waals surface area contributed by atoms with E-state index < -0.39 is 67.3 Å². The fourth-order valence-electron chi connectivity index (χ4n) is 5.58. The Morgan fingerprint density at radius 1 is 0.978 bits per heavy atom. The van der Waals surface area contributed by atoms with Gasteiger partial charge in [0.2, 0.25) is 29.5 Å². The lowest BCUT2D eigenvalue weighted by atomic mass is 9.80. The Hall–Kier alpha value is -4.14. The minimum atomic E-state index is -4.28. The first-order valence-electron chi connectivity index (χ1n) is 14.8. The summed E-state index contributed by atoms with van der Waals surface area (Å²) in [5, 5.41) is 19.0. The van der Waals surface area contributed by atoms with Crippen molar-refractivity contribution in [3.63, 3.8) is 0 Å². The number of nitrogens with two attached hydrogens (primary N) is 1. The Kier molecular flexibility index (Phi) is 11.1. The Morgan fingerprint density at radius 2 is 1.67 bits per heavy atom. The number of aryl methyl sites for hydroxylation is 1. The Morgan fingerprint density at radius 3 is 2.33 bits per heavy atom. The number of amides is 5. The summed E-state index contributed by atoms with van der Waals surface area (Å²) in [6.07, 6.45) is 4.23. The average molecular weight is 647 g/mol. The molecule has 16 nitrogen and oxygen atoms in total. The van der Waals surface area contributed by atoms with Gasteiger partial charge in [-0.05, 0) is 36.8 Å². The molecule has 1 spiro atoms. The van der Waals surface area contributed by atoms with Gasteiger partial charge in [0.1, 0.15) is 24.2 Å². The molecule has 45 heavy (non-hydrogen) atoms. The highest BCUT2D eigenvalue weighted by molar-refractivity contribution is 7.50. The molecule has 0 radical (unpaired) electrons. The van der Waals surface area contributed by atoms with Crippen molar-refractivity contribution < 1.29 is 38.3 Å². The lowest BCUT2D eigenvalue weighted by Crippen LogP contribution is -2.65. The zero-order chi connectivity index (χ0) is 32.6. The maximum atomic E-state index is 13.9. The van der Waals surface area contributed by atoms with Crippen LogP contribution in [0.4, 0.5) is 0 Å². The standard InChI is InChI=1S/C28H39N8O8P/c29-23(37)14-22-25(39)30-12-4-5-20-15-36(35-34-20)16-24(38)31-21(13-18-6-8-19(9-7-18)17-45(42,43)44)26(40)33-28(27(41)32-22)10-2-1-3-11-28/h6-9,15,21-22H,1-5,10-14,16-17H2,(H2,29,37)(H,30,39)(H,31,38)(H,32,41)(H,33,40)(H2,42,43,44)/t21-,22-/m0/s1. The van der Waals surface area contributed by atoms with E-state index in [1.54, 1.807) is 18.3 Å². The summed E-state index contributed by atoms with van der Waals surface area (Å²) in [6, 6.07) is 3.88.